The normalized spacial score (nSPS) is 12.7. The van der Waals surface area contributed by atoms with E-state index in [1.165, 1.54) is 360 Å². The van der Waals surface area contributed by atoms with Crippen LogP contribution in [0.4, 0.5) is 0 Å². The predicted octanol–water partition coefficient (Wildman–Crippen LogP) is 25.8. The van der Waals surface area contributed by atoms with Crippen LogP contribution in [0.1, 0.15) is 438 Å². The molecule has 6 heteroatoms. The zero-order chi connectivity index (χ0) is 62.0. The predicted molar refractivity (Wildman–Crippen MR) is 379 cm³/mol. The Morgan fingerprint density at radius 3 is 0.907 bits per heavy atom. The van der Waals surface area contributed by atoms with Gasteiger partial charge in [0.25, 0.3) is 0 Å². The monoisotopic (exact) mass is 1210 g/mol. The Morgan fingerprint density at radius 1 is 0.326 bits per heavy atom. The van der Waals surface area contributed by atoms with Gasteiger partial charge in [0, 0.05) is 12.8 Å². The Labute approximate surface area is 538 Å². The Hall–Kier alpha value is -1.92. The molecule has 1 amide bonds. The molecule has 0 saturated carbocycles. The molecule has 0 aliphatic heterocycles. The molecule has 0 aliphatic carbocycles. The number of unbranched alkanes of at least 4 members (excludes halogenated alkanes) is 59. The molecule has 0 rings (SSSR count). The molecular formula is C80H153NO5. The SMILES string of the molecule is CCCCC/C=C\C/C=C\CCCCCCCCCC(=O)OCCCCCCCCCCCCCCCCCCCCCCCCCCCCCCCCCCCCCCCCCC(=O)NC(CO)C(O)/C=C/CCCCCCCCCCCCC. The van der Waals surface area contributed by atoms with Crippen LogP contribution in [0.25, 0.3) is 0 Å². The van der Waals surface area contributed by atoms with Gasteiger partial charge in [-0.15, -0.1) is 0 Å². The maximum Gasteiger partial charge on any atom is 0.305 e. The number of allylic oxidation sites excluding steroid dienone is 5. The van der Waals surface area contributed by atoms with E-state index in [1.54, 1.807) is 6.08 Å². The van der Waals surface area contributed by atoms with Gasteiger partial charge in [-0.25, -0.2) is 0 Å². The Bertz CT molecular complexity index is 1390. The standard InChI is InChI=1S/C80H153NO5/c1-3-5-7-9-11-13-15-17-18-42-46-50-54-58-62-66-70-74-80(85)86-75-71-67-63-59-55-51-47-44-41-39-37-35-33-31-29-27-25-23-21-19-20-22-24-26-28-30-32-34-36-38-40-43-45-49-53-57-61-65-69-73-79(84)81-77(76-82)78(83)72-68-64-60-56-52-48-16-14-12-10-8-6-4-2/h11,13,17-18,68,72,77-78,82-83H,3-10,12,14-16,19-67,69-71,73-76H2,1-2H3,(H,81,84)/b13-11-,18-17-,72-68+. The highest BCUT2D eigenvalue weighted by Gasteiger charge is 2.18. The summed E-state index contributed by atoms with van der Waals surface area (Å²) < 4.78 is 5.51. The third-order valence-corrected chi connectivity index (χ3v) is 18.4. The van der Waals surface area contributed by atoms with E-state index in [0.29, 0.717) is 19.4 Å². The van der Waals surface area contributed by atoms with E-state index in [-0.39, 0.29) is 18.5 Å². The van der Waals surface area contributed by atoms with Crippen LogP contribution < -0.4 is 5.32 Å². The minimum absolute atomic E-state index is 0.0166. The van der Waals surface area contributed by atoms with Crippen LogP contribution in [0.2, 0.25) is 0 Å². The fraction of sp³-hybridized carbons (Fsp3) is 0.900. The second-order valence-corrected chi connectivity index (χ2v) is 27.0. The molecule has 3 N–H and O–H groups in total. The summed E-state index contributed by atoms with van der Waals surface area (Å²) in [6.45, 7) is 4.91. The zero-order valence-corrected chi connectivity index (χ0v) is 58.3. The lowest BCUT2D eigenvalue weighted by atomic mass is 10.0. The van der Waals surface area contributed by atoms with Gasteiger partial charge in [0.1, 0.15) is 0 Å². The van der Waals surface area contributed by atoms with E-state index in [1.807, 2.05) is 6.08 Å². The van der Waals surface area contributed by atoms with E-state index in [4.69, 9.17) is 4.74 Å². The Balaban J connectivity index is 3.29. The summed E-state index contributed by atoms with van der Waals surface area (Å²) >= 11 is 0. The van der Waals surface area contributed by atoms with E-state index in [9.17, 15) is 19.8 Å². The molecule has 0 aromatic carbocycles. The summed E-state index contributed by atoms with van der Waals surface area (Å²) in [5, 5.41) is 23.1. The van der Waals surface area contributed by atoms with Gasteiger partial charge < -0.3 is 20.3 Å². The van der Waals surface area contributed by atoms with Gasteiger partial charge in [0.15, 0.2) is 0 Å². The first kappa shape index (κ1) is 84.1. The summed E-state index contributed by atoms with van der Waals surface area (Å²) in [4.78, 5) is 24.6. The van der Waals surface area contributed by atoms with Crippen molar-refractivity contribution in [2.45, 2.75) is 450 Å². The molecule has 0 spiro atoms. The molecule has 0 aromatic rings. The molecule has 0 heterocycles. The van der Waals surface area contributed by atoms with Gasteiger partial charge >= 0.3 is 5.97 Å². The smallest absolute Gasteiger partial charge is 0.305 e. The molecule has 508 valence electrons. The van der Waals surface area contributed by atoms with Gasteiger partial charge in [0.05, 0.1) is 25.4 Å². The van der Waals surface area contributed by atoms with Gasteiger partial charge in [0.2, 0.25) is 5.91 Å². The molecule has 6 nitrogen and oxygen atoms in total. The second kappa shape index (κ2) is 75.5. The van der Waals surface area contributed by atoms with Crippen LogP contribution in [0.5, 0.6) is 0 Å². The molecule has 2 unspecified atom stereocenters. The number of carbonyl (C=O) groups is 2. The lowest BCUT2D eigenvalue weighted by Crippen LogP contribution is -2.45. The molecule has 0 aliphatic rings. The van der Waals surface area contributed by atoms with Crippen LogP contribution in [-0.2, 0) is 14.3 Å². The van der Waals surface area contributed by atoms with Crippen molar-refractivity contribution in [2.75, 3.05) is 13.2 Å². The quantitative estimate of drug-likeness (QED) is 0.0320. The molecule has 0 saturated heterocycles. The largest absolute Gasteiger partial charge is 0.466 e. The van der Waals surface area contributed by atoms with Crippen LogP contribution in [0.3, 0.4) is 0 Å². The van der Waals surface area contributed by atoms with Crippen molar-refractivity contribution in [2.24, 2.45) is 0 Å². The first-order valence-corrected chi connectivity index (χ1v) is 39.3. The van der Waals surface area contributed by atoms with Crippen molar-refractivity contribution in [3.8, 4) is 0 Å². The third-order valence-electron chi connectivity index (χ3n) is 18.4. The average molecular weight is 1210 g/mol. The van der Waals surface area contributed by atoms with Crippen molar-refractivity contribution in [1.82, 2.24) is 5.32 Å². The van der Waals surface area contributed by atoms with Gasteiger partial charge in [-0.05, 0) is 64.2 Å². The number of hydrogen-bond donors (Lipinski definition) is 3. The second-order valence-electron chi connectivity index (χ2n) is 27.0. The summed E-state index contributed by atoms with van der Waals surface area (Å²) in [6, 6.07) is -0.622. The molecule has 0 fully saturated rings. The maximum absolute atomic E-state index is 12.5. The number of amides is 1. The minimum atomic E-state index is -0.839. The molecule has 2 atom stereocenters. The summed E-state index contributed by atoms with van der Waals surface area (Å²) in [5.41, 5.74) is 0. The van der Waals surface area contributed by atoms with E-state index < -0.39 is 12.1 Å². The van der Waals surface area contributed by atoms with Gasteiger partial charge in [-0.3, -0.25) is 9.59 Å². The Morgan fingerprint density at radius 2 is 0.581 bits per heavy atom. The van der Waals surface area contributed by atoms with E-state index >= 15 is 0 Å². The highest BCUT2D eigenvalue weighted by atomic mass is 16.5. The number of nitrogens with one attached hydrogen (secondary N) is 1. The molecule has 0 bridgehead atoms. The fourth-order valence-electron chi connectivity index (χ4n) is 12.4. The number of carbonyl (C=O) groups excluding carboxylic acids is 2. The van der Waals surface area contributed by atoms with Crippen molar-refractivity contribution in [3.63, 3.8) is 0 Å². The van der Waals surface area contributed by atoms with Crippen LogP contribution in [-0.4, -0.2) is 47.4 Å². The summed E-state index contributed by atoms with van der Waals surface area (Å²) in [5.74, 6) is -0.0434. The Kier molecular flexibility index (Phi) is 73.9. The van der Waals surface area contributed by atoms with Gasteiger partial charge in [-0.1, -0.05) is 397 Å². The molecule has 0 radical (unpaired) electrons. The topological polar surface area (TPSA) is 95.9 Å². The van der Waals surface area contributed by atoms with Crippen molar-refractivity contribution < 1.29 is 24.5 Å². The molecular weight excluding hydrogens is 1050 g/mol. The summed E-state index contributed by atoms with van der Waals surface area (Å²) in [6.07, 6.45) is 98.5. The van der Waals surface area contributed by atoms with E-state index in [0.717, 1.165) is 51.4 Å². The van der Waals surface area contributed by atoms with Crippen LogP contribution in [0.15, 0.2) is 36.5 Å². The third kappa shape index (κ3) is 71.2. The van der Waals surface area contributed by atoms with Crippen LogP contribution >= 0.6 is 0 Å². The number of aliphatic hydroxyl groups is 2. The number of ether oxygens (including phenoxy) is 1. The number of hydrogen-bond acceptors (Lipinski definition) is 5. The van der Waals surface area contributed by atoms with Crippen molar-refractivity contribution >= 4 is 11.9 Å². The van der Waals surface area contributed by atoms with Gasteiger partial charge in [-0.2, -0.15) is 0 Å². The number of aliphatic hydroxyl groups excluding tert-OH is 2. The number of esters is 1. The molecule has 0 aromatic heterocycles. The van der Waals surface area contributed by atoms with Crippen LogP contribution in [0, 0.1) is 0 Å². The average Bonchev–Trinajstić information content (AvgIpc) is 3.54. The van der Waals surface area contributed by atoms with Crippen molar-refractivity contribution in [1.29, 1.82) is 0 Å². The first-order chi connectivity index (χ1) is 42.5. The zero-order valence-electron chi connectivity index (χ0n) is 58.3. The van der Waals surface area contributed by atoms with E-state index in [2.05, 4.69) is 43.5 Å². The van der Waals surface area contributed by atoms with Crippen molar-refractivity contribution in [3.05, 3.63) is 36.5 Å². The highest BCUT2D eigenvalue weighted by Crippen LogP contribution is 2.20. The summed E-state index contributed by atoms with van der Waals surface area (Å²) in [7, 11) is 0. The first-order valence-electron chi connectivity index (χ1n) is 39.3. The highest BCUT2D eigenvalue weighted by molar-refractivity contribution is 5.76. The fourth-order valence-corrected chi connectivity index (χ4v) is 12.4. The number of rotatable bonds is 74. The lowest BCUT2D eigenvalue weighted by Gasteiger charge is -2.20. The lowest BCUT2D eigenvalue weighted by molar-refractivity contribution is -0.143. The molecule has 86 heavy (non-hydrogen) atoms. The minimum Gasteiger partial charge on any atom is -0.466 e. The maximum atomic E-state index is 12.5.